The minimum Gasteiger partial charge on any atom is -0.249 e. The van der Waals surface area contributed by atoms with Gasteiger partial charge in [0, 0.05) is 33.1 Å². The molecule has 0 unspecified atom stereocenters. The van der Waals surface area contributed by atoms with E-state index in [0.29, 0.717) is 21.4 Å². The lowest BCUT2D eigenvalue weighted by Crippen LogP contribution is -2.11. The molecule has 0 fully saturated rings. The Morgan fingerprint density at radius 2 is 1.05 bits per heavy atom. The second kappa shape index (κ2) is 26.7. The van der Waals surface area contributed by atoms with Crippen LogP contribution in [0.4, 0.5) is 0 Å². The average molecular weight is 689 g/mol. The lowest BCUT2D eigenvalue weighted by molar-refractivity contribution is 0.567. The number of aromatic nitrogens is 4. The molecule has 4 rings (SSSR count). The SMILES string of the molecule is CC.CC.CC.CC.[2H]c1sccc1C(C)(C)C.[2H]c1scnc1C(C)(C)C.[2H]c1sncc1C(C)(C)C.[2H]c1snnc1C(C)(C)C. The Kier molecular flexibility index (Phi) is 24.6. The summed E-state index contributed by atoms with van der Waals surface area (Å²) in [5.41, 5.74) is 5.80. The monoisotopic (exact) mass is 688 g/mol. The third-order valence-electron chi connectivity index (χ3n) is 4.61. The highest BCUT2D eigenvalue weighted by Gasteiger charge is 2.16. The summed E-state index contributed by atoms with van der Waals surface area (Å²) in [6.07, 6.45) is 1.78. The number of thiazole rings is 1. The summed E-state index contributed by atoms with van der Waals surface area (Å²) in [4.78, 5) is 4.12. The molecular weight excluding hydrogens is 617 g/mol. The predicted octanol–water partition coefficient (Wildman–Crippen LogP) is 13.9. The van der Waals surface area contributed by atoms with Crippen molar-refractivity contribution in [3.63, 3.8) is 0 Å². The first-order valence-electron chi connectivity index (χ1n) is 17.7. The molecule has 0 amide bonds. The third-order valence-corrected chi connectivity index (χ3v) is 6.71. The molecule has 0 saturated heterocycles. The minimum absolute atomic E-state index is 0.0249. The van der Waals surface area contributed by atoms with E-state index in [1.807, 2.05) is 87.6 Å². The van der Waals surface area contributed by atoms with Gasteiger partial charge in [0.05, 0.1) is 22.4 Å². The molecule has 0 aliphatic rings. The van der Waals surface area contributed by atoms with Crippen LogP contribution in [0.3, 0.4) is 0 Å². The van der Waals surface area contributed by atoms with Crippen molar-refractivity contribution in [1.29, 1.82) is 0 Å². The average Bonchev–Trinajstić information content (AvgIpc) is 3.81. The van der Waals surface area contributed by atoms with E-state index in [-0.39, 0.29) is 21.7 Å². The highest BCUT2D eigenvalue weighted by molar-refractivity contribution is 7.08. The molecule has 0 aliphatic carbocycles. The molecule has 0 N–H and O–H groups in total. The number of hydrogen-bond donors (Lipinski definition) is 0. The zero-order valence-corrected chi connectivity index (χ0v) is 35.0. The fourth-order valence-electron chi connectivity index (χ4n) is 2.15. The number of thiophene rings is 1. The zero-order valence-electron chi connectivity index (χ0n) is 35.7. The number of hydrogen-bond acceptors (Lipinski definition) is 8. The molecule has 0 aliphatic heterocycles. The van der Waals surface area contributed by atoms with E-state index in [9.17, 15) is 0 Å². The van der Waals surface area contributed by atoms with Gasteiger partial charge in [0.15, 0.2) is 0 Å². The van der Waals surface area contributed by atoms with Gasteiger partial charge in [0.25, 0.3) is 0 Å². The van der Waals surface area contributed by atoms with Crippen molar-refractivity contribution in [3.8, 4) is 0 Å². The molecule has 256 valence electrons. The quantitative estimate of drug-likeness (QED) is 0.184. The lowest BCUT2D eigenvalue weighted by atomic mass is 9.90. The molecule has 4 aromatic heterocycles. The van der Waals surface area contributed by atoms with E-state index in [0.717, 1.165) is 34.0 Å². The van der Waals surface area contributed by atoms with E-state index in [1.54, 1.807) is 11.7 Å². The van der Waals surface area contributed by atoms with Crippen molar-refractivity contribution in [3.05, 3.63) is 67.1 Å². The van der Waals surface area contributed by atoms with E-state index in [1.165, 1.54) is 34.2 Å². The summed E-state index contributed by atoms with van der Waals surface area (Å²) < 4.78 is 37.5. The Bertz CT molecular complexity index is 1100. The van der Waals surface area contributed by atoms with Crippen molar-refractivity contribution >= 4 is 45.7 Å². The van der Waals surface area contributed by atoms with Crippen LogP contribution in [0.25, 0.3) is 0 Å². The van der Waals surface area contributed by atoms with Crippen LogP contribution in [-0.4, -0.2) is 18.9 Å². The van der Waals surface area contributed by atoms with Gasteiger partial charge < -0.3 is 0 Å². The fraction of sp³-hybridized carbons (Fsp3) is 0.667. The fourth-order valence-corrected chi connectivity index (χ4v) is 4.87. The van der Waals surface area contributed by atoms with Gasteiger partial charge in [-0.05, 0) is 61.8 Å². The van der Waals surface area contributed by atoms with Crippen LogP contribution in [0.1, 0.15) is 166 Å². The summed E-state index contributed by atoms with van der Waals surface area (Å²) in [6.45, 7) is 41.0. The molecule has 0 atom stereocenters. The molecular formula is C36H68N4S4. The summed E-state index contributed by atoms with van der Waals surface area (Å²) in [6, 6.07) is 2.03. The first-order chi connectivity index (χ1) is 22.1. The van der Waals surface area contributed by atoms with E-state index in [2.05, 4.69) is 81.3 Å². The molecule has 4 nitrogen and oxygen atoms in total. The van der Waals surface area contributed by atoms with Crippen LogP contribution in [0.2, 0.25) is 0 Å². The molecule has 4 aromatic rings. The molecule has 0 aromatic carbocycles. The Labute approximate surface area is 296 Å². The number of rotatable bonds is 0. The maximum atomic E-state index is 7.52. The highest BCUT2D eigenvalue weighted by Crippen LogP contribution is 2.24. The molecule has 44 heavy (non-hydrogen) atoms. The third kappa shape index (κ3) is 24.8. The molecule has 4 heterocycles. The van der Waals surface area contributed by atoms with Crippen LogP contribution < -0.4 is 0 Å². The van der Waals surface area contributed by atoms with Gasteiger partial charge in [0.1, 0.15) is 0 Å². The van der Waals surface area contributed by atoms with Crippen molar-refractivity contribution in [1.82, 2.24) is 18.9 Å². The first kappa shape index (κ1) is 40.5. The maximum Gasteiger partial charge on any atom is 0.0808 e. The van der Waals surface area contributed by atoms with Gasteiger partial charge in [-0.1, -0.05) is 143 Å². The van der Waals surface area contributed by atoms with Crippen LogP contribution in [-0.2, 0) is 21.7 Å². The van der Waals surface area contributed by atoms with Crippen LogP contribution in [0.5, 0.6) is 0 Å². The molecule has 0 spiro atoms. The standard InChI is InChI=1S/C8H12S.2C7H11NS.C6H10N2S.4C2H6/c1-8(2,3)7-4-5-9-6-7;1-7(2,3)6-4-9-5-8-6;1-7(2,3)6-4-8-9-5-6;1-6(2,3)5-4-9-8-7-5;4*1-2/h4-6H,1-3H3;2*4-5H,1-3H3;4H,1-3H3;4*1-2H3/i6D;4D;5D;4D;;;;. The number of nitrogens with zero attached hydrogens (tertiary/aromatic N) is 4. The maximum absolute atomic E-state index is 7.52. The smallest absolute Gasteiger partial charge is 0.0808 e. The minimum atomic E-state index is -0.0376. The van der Waals surface area contributed by atoms with Crippen molar-refractivity contribution < 1.29 is 5.48 Å². The topological polar surface area (TPSA) is 51.6 Å². The normalized spacial score (nSPS) is 11.5. The highest BCUT2D eigenvalue weighted by atomic mass is 32.1. The van der Waals surface area contributed by atoms with Crippen molar-refractivity contribution in [2.24, 2.45) is 0 Å². The predicted molar refractivity (Wildman–Crippen MR) is 209 cm³/mol. The van der Waals surface area contributed by atoms with Crippen molar-refractivity contribution in [2.75, 3.05) is 0 Å². The second-order valence-corrected chi connectivity index (χ2v) is 14.8. The Hall–Kier alpha value is -1.48. The second-order valence-electron chi connectivity index (χ2n) is 12.3. The Morgan fingerprint density at radius 1 is 0.545 bits per heavy atom. The summed E-state index contributed by atoms with van der Waals surface area (Å²) in [5.74, 6) is 0. The molecule has 0 bridgehead atoms. The first-order valence-corrected chi connectivity index (χ1v) is 19.0. The van der Waals surface area contributed by atoms with Gasteiger partial charge in [-0.15, -0.1) is 16.4 Å². The molecule has 0 saturated carbocycles. The van der Waals surface area contributed by atoms with Crippen molar-refractivity contribution in [2.45, 2.75) is 160 Å². The van der Waals surface area contributed by atoms with Gasteiger partial charge in [-0.25, -0.2) is 9.36 Å². The van der Waals surface area contributed by atoms with Gasteiger partial charge in [-0.3, -0.25) is 0 Å². The Balaban J connectivity index is -0.000000251. The molecule has 8 heteroatoms. The van der Waals surface area contributed by atoms with Crippen LogP contribution >= 0.6 is 45.7 Å². The van der Waals surface area contributed by atoms with Crippen LogP contribution in [0.15, 0.2) is 44.6 Å². The lowest BCUT2D eigenvalue weighted by Gasteiger charge is -2.15. The largest absolute Gasteiger partial charge is 0.249 e. The summed E-state index contributed by atoms with van der Waals surface area (Å²) in [5, 5.41) is 8.20. The summed E-state index contributed by atoms with van der Waals surface area (Å²) in [7, 11) is 0. The van der Waals surface area contributed by atoms with E-state index >= 15 is 0 Å². The summed E-state index contributed by atoms with van der Waals surface area (Å²) >= 11 is 5.27. The van der Waals surface area contributed by atoms with Crippen LogP contribution in [0, 0.1) is 0 Å². The van der Waals surface area contributed by atoms with Gasteiger partial charge >= 0.3 is 0 Å². The van der Waals surface area contributed by atoms with Gasteiger partial charge in [0.2, 0.25) is 0 Å². The van der Waals surface area contributed by atoms with Gasteiger partial charge in [-0.2, -0.15) is 11.3 Å². The zero-order chi connectivity index (χ0) is 39.1. The Morgan fingerprint density at radius 3 is 1.23 bits per heavy atom. The van der Waals surface area contributed by atoms with E-state index < -0.39 is 0 Å². The van der Waals surface area contributed by atoms with E-state index in [4.69, 9.17) is 5.48 Å². The molecule has 0 radical (unpaired) electrons.